The first-order valence-electron chi connectivity index (χ1n) is 9.20. The molecule has 2 aromatic carbocycles. The molecule has 7 heteroatoms. The van der Waals surface area contributed by atoms with Crippen LogP contribution >= 0.6 is 0 Å². The summed E-state index contributed by atoms with van der Waals surface area (Å²) in [5.41, 5.74) is 6.20. The molecule has 0 saturated heterocycles. The first kappa shape index (κ1) is 22.4. The Hall–Kier alpha value is -3.87. The number of amides is 1. The van der Waals surface area contributed by atoms with E-state index >= 15 is 0 Å². The summed E-state index contributed by atoms with van der Waals surface area (Å²) in [4.78, 5) is 33.4. The zero-order valence-electron chi connectivity index (χ0n) is 16.8. The average molecular weight is 408 g/mol. The maximum atomic E-state index is 12.2. The summed E-state index contributed by atoms with van der Waals surface area (Å²) in [6.45, 7) is 1.71. The van der Waals surface area contributed by atoms with Crippen molar-refractivity contribution in [3.63, 3.8) is 0 Å². The number of hydrogen-bond acceptors (Lipinski definition) is 5. The highest BCUT2D eigenvalue weighted by Crippen LogP contribution is 2.31. The molecular formula is C23H24N2O5. The predicted molar refractivity (Wildman–Crippen MR) is 114 cm³/mol. The SMILES string of the molecule is CC1(C(=O)NNc2ccccc2)C=CC=C(C(=O)O)C1.COc1ccc(C=O)cc1. The van der Waals surface area contributed by atoms with E-state index in [2.05, 4.69) is 10.9 Å². The number of carboxylic acids is 1. The van der Waals surface area contributed by atoms with E-state index in [0.717, 1.165) is 17.7 Å². The Morgan fingerprint density at radius 3 is 2.33 bits per heavy atom. The summed E-state index contributed by atoms with van der Waals surface area (Å²) in [5, 5.41) is 9.01. The largest absolute Gasteiger partial charge is 0.497 e. The lowest BCUT2D eigenvalue weighted by Crippen LogP contribution is -2.42. The van der Waals surface area contributed by atoms with Crippen LogP contribution in [0, 0.1) is 5.41 Å². The lowest BCUT2D eigenvalue weighted by molar-refractivity contribution is -0.133. The van der Waals surface area contributed by atoms with Crippen molar-refractivity contribution in [3.8, 4) is 5.75 Å². The molecule has 0 radical (unpaired) electrons. The van der Waals surface area contributed by atoms with Gasteiger partial charge in [0.05, 0.1) is 18.2 Å². The van der Waals surface area contributed by atoms with Gasteiger partial charge in [-0.3, -0.25) is 20.4 Å². The van der Waals surface area contributed by atoms with Gasteiger partial charge < -0.3 is 9.84 Å². The van der Waals surface area contributed by atoms with Crippen molar-refractivity contribution in [2.75, 3.05) is 12.5 Å². The van der Waals surface area contributed by atoms with Crippen LogP contribution in [0.1, 0.15) is 23.7 Å². The highest BCUT2D eigenvalue weighted by molar-refractivity contribution is 5.92. The molecule has 3 rings (SSSR count). The minimum Gasteiger partial charge on any atom is -0.497 e. The minimum atomic E-state index is -0.996. The van der Waals surface area contributed by atoms with Crippen LogP contribution in [-0.2, 0) is 9.59 Å². The van der Waals surface area contributed by atoms with Crippen LogP contribution in [0.4, 0.5) is 5.69 Å². The van der Waals surface area contributed by atoms with Gasteiger partial charge in [0, 0.05) is 11.1 Å². The van der Waals surface area contributed by atoms with Gasteiger partial charge in [-0.05, 0) is 49.7 Å². The van der Waals surface area contributed by atoms with Crippen molar-refractivity contribution in [1.29, 1.82) is 0 Å². The van der Waals surface area contributed by atoms with Crippen LogP contribution in [0.5, 0.6) is 5.75 Å². The Bertz CT molecular complexity index is 936. The number of nitrogens with one attached hydrogen (secondary N) is 2. The molecule has 0 spiro atoms. The van der Waals surface area contributed by atoms with E-state index in [1.165, 1.54) is 6.08 Å². The quantitative estimate of drug-likeness (QED) is 0.498. The summed E-state index contributed by atoms with van der Waals surface area (Å²) in [6.07, 6.45) is 5.80. The second kappa shape index (κ2) is 10.6. The molecule has 0 bridgehead atoms. The van der Waals surface area contributed by atoms with Gasteiger partial charge in [0.25, 0.3) is 0 Å². The summed E-state index contributed by atoms with van der Waals surface area (Å²) in [7, 11) is 1.59. The smallest absolute Gasteiger partial charge is 0.331 e. The van der Waals surface area contributed by atoms with Gasteiger partial charge in [0.1, 0.15) is 12.0 Å². The number of ether oxygens (including phenoxy) is 1. The van der Waals surface area contributed by atoms with E-state index < -0.39 is 11.4 Å². The molecule has 1 aliphatic carbocycles. The molecule has 1 amide bonds. The topological polar surface area (TPSA) is 105 Å². The van der Waals surface area contributed by atoms with Crippen LogP contribution in [0.3, 0.4) is 0 Å². The Balaban J connectivity index is 0.000000269. The number of aldehydes is 1. The molecule has 1 atom stereocenters. The van der Waals surface area contributed by atoms with Gasteiger partial charge in [-0.2, -0.15) is 0 Å². The van der Waals surface area contributed by atoms with Crippen LogP contribution in [0.15, 0.2) is 78.4 Å². The maximum absolute atomic E-state index is 12.2. The zero-order chi connectivity index (χ0) is 22.0. The zero-order valence-corrected chi connectivity index (χ0v) is 16.8. The van der Waals surface area contributed by atoms with Crippen LogP contribution in [0.25, 0.3) is 0 Å². The Labute approximate surface area is 175 Å². The second-order valence-electron chi connectivity index (χ2n) is 6.79. The summed E-state index contributed by atoms with van der Waals surface area (Å²) in [5.74, 6) is -0.501. The van der Waals surface area contributed by atoms with Gasteiger partial charge in [-0.25, -0.2) is 4.79 Å². The monoisotopic (exact) mass is 408 g/mol. The standard InChI is InChI=1S/C15H16N2O3.C8H8O2/c1-15(9-5-6-11(10-15)13(18)19)14(20)17-16-12-7-3-2-4-8-12;1-10-8-4-2-7(6-9)3-5-8/h2-9,16H,10H2,1H3,(H,17,20)(H,18,19);2-6H,1H3. The molecule has 7 nitrogen and oxygen atoms in total. The van der Waals surface area contributed by atoms with E-state index in [9.17, 15) is 14.4 Å². The summed E-state index contributed by atoms with van der Waals surface area (Å²) in [6, 6.07) is 16.2. The fraction of sp³-hybridized carbons (Fsp3) is 0.174. The highest BCUT2D eigenvalue weighted by atomic mass is 16.5. The molecule has 0 saturated carbocycles. The maximum Gasteiger partial charge on any atom is 0.331 e. The number of benzene rings is 2. The first-order chi connectivity index (χ1) is 14.4. The van der Waals surface area contributed by atoms with Crippen molar-refractivity contribution in [3.05, 3.63) is 84.0 Å². The highest BCUT2D eigenvalue weighted by Gasteiger charge is 2.34. The number of carbonyl (C=O) groups excluding carboxylic acids is 2. The van der Waals surface area contributed by atoms with Gasteiger partial charge >= 0.3 is 5.97 Å². The third kappa shape index (κ3) is 6.34. The van der Waals surface area contributed by atoms with Crippen molar-refractivity contribution in [1.82, 2.24) is 5.43 Å². The molecule has 3 N–H and O–H groups in total. The molecule has 0 aromatic heterocycles. The number of anilines is 1. The van der Waals surface area contributed by atoms with E-state index in [4.69, 9.17) is 9.84 Å². The number of aliphatic carboxylic acids is 1. The van der Waals surface area contributed by atoms with Gasteiger partial charge in [0.15, 0.2) is 0 Å². The Morgan fingerprint density at radius 2 is 1.77 bits per heavy atom. The van der Waals surface area contributed by atoms with Crippen molar-refractivity contribution in [2.24, 2.45) is 5.41 Å². The third-order valence-corrected chi connectivity index (χ3v) is 4.46. The average Bonchev–Trinajstić information content (AvgIpc) is 2.78. The van der Waals surface area contributed by atoms with Gasteiger partial charge in [-0.1, -0.05) is 36.4 Å². The molecular weight excluding hydrogens is 384 g/mol. The van der Waals surface area contributed by atoms with Crippen LogP contribution < -0.4 is 15.6 Å². The number of allylic oxidation sites excluding steroid dienone is 2. The third-order valence-electron chi connectivity index (χ3n) is 4.46. The minimum absolute atomic E-state index is 0.168. The number of para-hydroxylation sites is 1. The number of hydrazine groups is 1. The molecule has 0 heterocycles. The predicted octanol–water partition coefficient (Wildman–Crippen LogP) is 3.61. The van der Waals surface area contributed by atoms with E-state index in [-0.39, 0.29) is 17.9 Å². The first-order valence-corrected chi connectivity index (χ1v) is 9.20. The Kier molecular flexibility index (Phi) is 7.93. The van der Waals surface area contributed by atoms with Crippen molar-refractivity contribution >= 4 is 23.9 Å². The number of hydrogen-bond donors (Lipinski definition) is 3. The number of methoxy groups -OCH3 is 1. The summed E-state index contributed by atoms with van der Waals surface area (Å²) < 4.78 is 4.90. The molecule has 0 fully saturated rings. The lowest BCUT2D eigenvalue weighted by atomic mass is 9.79. The summed E-state index contributed by atoms with van der Waals surface area (Å²) >= 11 is 0. The molecule has 2 aromatic rings. The molecule has 30 heavy (non-hydrogen) atoms. The molecule has 0 aliphatic heterocycles. The van der Waals surface area contributed by atoms with Gasteiger partial charge in [0.2, 0.25) is 5.91 Å². The van der Waals surface area contributed by atoms with Crippen LogP contribution in [0.2, 0.25) is 0 Å². The van der Waals surface area contributed by atoms with E-state index in [1.54, 1.807) is 50.5 Å². The number of carboxylic acid groups (broad SMARTS) is 1. The fourth-order valence-corrected chi connectivity index (χ4v) is 2.67. The van der Waals surface area contributed by atoms with Crippen molar-refractivity contribution < 1.29 is 24.2 Å². The normalized spacial score (nSPS) is 16.9. The van der Waals surface area contributed by atoms with Gasteiger partial charge in [-0.15, -0.1) is 0 Å². The lowest BCUT2D eigenvalue weighted by Gasteiger charge is -2.27. The number of carbonyl (C=O) groups is 3. The second-order valence-corrected chi connectivity index (χ2v) is 6.79. The van der Waals surface area contributed by atoms with E-state index in [1.807, 2.05) is 30.3 Å². The number of rotatable bonds is 6. The molecule has 1 unspecified atom stereocenters. The molecule has 156 valence electrons. The van der Waals surface area contributed by atoms with E-state index in [0.29, 0.717) is 5.56 Å². The fourth-order valence-electron chi connectivity index (χ4n) is 2.67. The molecule has 1 aliphatic rings. The van der Waals surface area contributed by atoms with Crippen molar-refractivity contribution in [2.45, 2.75) is 13.3 Å². The van der Waals surface area contributed by atoms with Crippen LogP contribution in [-0.4, -0.2) is 30.4 Å². The Morgan fingerprint density at radius 1 is 1.10 bits per heavy atom.